The third-order valence-corrected chi connectivity index (χ3v) is 24.6. The number of aryl methyl sites for hydroxylation is 2. The van der Waals surface area contributed by atoms with Crippen molar-refractivity contribution in [3.8, 4) is 0 Å². The van der Waals surface area contributed by atoms with Crippen molar-refractivity contribution in [3.63, 3.8) is 0 Å². The number of rotatable bonds is 5. The Bertz CT molecular complexity index is 4420. The van der Waals surface area contributed by atoms with Crippen LogP contribution in [0.15, 0.2) is 158 Å². The van der Waals surface area contributed by atoms with Crippen molar-refractivity contribution >= 4 is 74.3 Å². The van der Waals surface area contributed by atoms with E-state index in [1.807, 2.05) is 0 Å². The molecule has 0 fully saturated rings. The Hall–Kier alpha value is -7.56. The van der Waals surface area contributed by atoms with E-state index < -0.39 is 0 Å². The van der Waals surface area contributed by atoms with Gasteiger partial charge in [0.15, 0.2) is 0 Å². The largest absolute Gasteiger partial charge is 0.311 e. The molecule has 15 rings (SSSR count). The van der Waals surface area contributed by atoms with Gasteiger partial charge in [0.1, 0.15) is 0 Å². The Morgan fingerprint density at radius 3 is 0.904 bits per heavy atom. The lowest BCUT2D eigenvalue weighted by Gasteiger charge is -2.48. The van der Waals surface area contributed by atoms with Crippen molar-refractivity contribution < 1.29 is 0 Å². The molecule has 0 spiro atoms. The molecule has 3 nitrogen and oxygen atoms in total. The highest BCUT2D eigenvalue weighted by Crippen LogP contribution is 2.60. The maximum absolute atomic E-state index is 2.80. The van der Waals surface area contributed by atoms with Gasteiger partial charge in [0.25, 0.3) is 6.71 Å². The number of anilines is 9. The SMILES string of the molecule is Cc1cc2c(cc1N1c3cc4c(cc3B3c5cc6c(cc5N(c5cc7c(cc5C)C(C)(C)c5ccccc5C7(C)C)c5cc(N(c7ccc(C(C)(C)C)cc7)c7ccc(C(C)(C)C)cc7)cc1c53)C(C)(C)CC6(C)C)C(C)(C)CC4(C)C)C(C)(C)c1ccccc1C2(C)C. The minimum atomic E-state index is -0.269. The minimum Gasteiger partial charge on any atom is -0.311 e. The van der Waals surface area contributed by atoms with E-state index in [-0.39, 0.29) is 60.9 Å². The third kappa shape index (κ3) is 8.80. The highest BCUT2D eigenvalue weighted by molar-refractivity contribution is 7.00. The number of benzene rings is 9. The van der Waals surface area contributed by atoms with Gasteiger partial charge in [-0.05, 0) is 225 Å². The molecule has 2 aliphatic heterocycles. The second-order valence-electron chi connectivity index (χ2n) is 36.7. The van der Waals surface area contributed by atoms with Crippen LogP contribution >= 0.6 is 0 Å². The summed E-state index contributed by atoms with van der Waals surface area (Å²) in [7, 11) is 0. The van der Waals surface area contributed by atoms with Crippen molar-refractivity contribution in [1.82, 2.24) is 0 Å². The fraction of sp³-hybridized carbons (Fsp3) is 0.400. The van der Waals surface area contributed by atoms with E-state index in [2.05, 4.69) is 339 Å². The molecule has 4 heteroatoms. The van der Waals surface area contributed by atoms with E-state index in [0.717, 1.165) is 29.9 Å². The molecule has 4 aliphatic carbocycles. The number of hydrogen-bond acceptors (Lipinski definition) is 3. The van der Waals surface area contributed by atoms with E-state index in [9.17, 15) is 0 Å². The van der Waals surface area contributed by atoms with Gasteiger partial charge < -0.3 is 14.7 Å². The Balaban J connectivity index is 1.12. The van der Waals surface area contributed by atoms with Gasteiger partial charge in [-0.25, -0.2) is 0 Å². The lowest BCUT2D eigenvalue weighted by atomic mass is 9.33. The third-order valence-electron chi connectivity index (χ3n) is 24.6. The summed E-state index contributed by atoms with van der Waals surface area (Å²) in [5, 5.41) is 0. The van der Waals surface area contributed by atoms with Crippen molar-refractivity contribution in [2.24, 2.45) is 0 Å². The molecule has 9 aromatic carbocycles. The molecule has 0 bridgehead atoms. The summed E-state index contributed by atoms with van der Waals surface area (Å²) >= 11 is 0. The van der Waals surface area contributed by atoms with E-state index in [4.69, 9.17) is 0 Å². The lowest BCUT2D eigenvalue weighted by molar-refractivity contribution is 0.403. The van der Waals surface area contributed by atoms with Crippen molar-refractivity contribution in [2.75, 3.05) is 14.7 Å². The molecule has 0 aromatic heterocycles. The second kappa shape index (κ2) is 19.6. The summed E-state index contributed by atoms with van der Waals surface area (Å²) in [4.78, 5) is 8.17. The zero-order valence-electron chi connectivity index (χ0n) is 61.3. The van der Waals surface area contributed by atoms with Gasteiger partial charge in [0.05, 0.1) is 5.69 Å². The summed E-state index contributed by atoms with van der Waals surface area (Å²) in [5.41, 5.74) is 36.4. The van der Waals surface area contributed by atoms with Crippen LogP contribution in [-0.2, 0) is 54.1 Å². The van der Waals surface area contributed by atoms with E-state index in [1.165, 1.54) is 140 Å². The molecule has 0 N–H and O–H groups in total. The van der Waals surface area contributed by atoms with Gasteiger partial charge in [0.2, 0.25) is 0 Å². The van der Waals surface area contributed by atoms with Gasteiger partial charge in [-0.3, -0.25) is 0 Å². The van der Waals surface area contributed by atoms with Gasteiger partial charge in [-0.15, -0.1) is 0 Å². The van der Waals surface area contributed by atoms with Gasteiger partial charge >= 0.3 is 0 Å². The summed E-state index contributed by atoms with van der Waals surface area (Å²) in [6.45, 7) is 58.5. The standard InChI is InChI=1S/C90H102BN3/c1-53-41-68-70(89(21,22)62-31-27-25-29-60(62)87(68,17)18)49-74(53)93-76-47-66-64(83(9,10)51-85(66,13)14)45-72(76)91-73-46-65-67(86(15,16)52-84(65,11)12)48-77(73)94(75-50-71-69(42-54(75)2)88(19,20)61-30-26-28-32-63(61)90(71,23)24)79-44-59(43-78(93)80(79)91)92(57-37-33-55(34-38-57)81(3,4)5)58-39-35-56(36-40-58)82(6,7)8/h25-50H,51-52H2,1-24H3. The minimum absolute atomic E-state index is 0.0182. The lowest BCUT2D eigenvalue weighted by Crippen LogP contribution is -2.62. The molecule has 2 heterocycles. The maximum atomic E-state index is 2.80. The monoisotopic (exact) mass is 1240 g/mol. The van der Waals surface area contributed by atoms with E-state index >= 15 is 0 Å². The molecule has 0 saturated carbocycles. The molecule has 6 aliphatic rings. The first-order chi connectivity index (χ1) is 43.7. The highest BCUT2D eigenvalue weighted by Gasteiger charge is 2.53. The Kier molecular flexibility index (Phi) is 13.0. The maximum Gasteiger partial charge on any atom is 0.252 e. The molecular formula is C90H102BN3. The zero-order chi connectivity index (χ0) is 67.3. The van der Waals surface area contributed by atoms with Crippen LogP contribution in [-0.4, -0.2) is 6.71 Å². The number of hydrogen-bond donors (Lipinski definition) is 0. The average molecular weight is 1240 g/mol. The van der Waals surface area contributed by atoms with Crippen molar-refractivity contribution in [3.05, 3.63) is 247 Å². The summed E-state index contributed by atoms with van der Waals surface area (Å²) in [6, 6.07) is 64.2. The first kappa shape index (κ1) is 62.6. The highest BCUT2D eigenvalue weighted by atomic mass is 15.2. The normalized spacial score (nSPS) is 19.4. The predicted molar refractivity (Wildman–Crippen MR) is 405 cm³/mol. The first-order valence-electron chi connectivity index (χ1n) is 35.4. The van der Waals surface area contributed by atoms with E-state index in [1.54, 1.807) is 0 Å². The Morgan fingerprint density at radius 2 is 0.596 bits per heavy atom. The van der Waals surface area contributed by atoms with Crippen LogP contribution in [0.5, 0.6) is 0 Å². The molecule has 0 saturated heterocycles. The van der Waals surface area contributed by atoms with Gasteiger partial charge in [0, 0.05) is 67.2 Å². The molecule has 0 atom stereocenters. The molecule has 94 heavy (non-hydrogen) atoms. The summed E-state index contributed by atoms with van der Waals surface area (Å²) in [5.74, 6) is 0. The van der Waals surface area contributed by atoms with Gasteiger partial charge in [-0.2, -0.15) is 0 Å². The van der Waals surface area contributed by atoms with Crippen LogP contribution in [0, 0.1) is 13.8 Å². The fourth-order valence-corrected chi connectivity index (χ4v) is 19.9. The average Bonchev–Trinajstić information content (AvgIpc) is 1.04. The predicted octanol–water partition coefficient (Wildman–Crippen LogP) is 22.3. The first-order valence-corrected chi connectivity index (χ1v) is 35.4. The van der Waals surface area contributed by atoms with Crippen LogP contribution in [0.4, 0.5) is 51.2 Å². The van der Waals surface area contributed by atoms with Crippen molar-refractivity contribution in [2.45, 2.75) is 233 Å². The van der Waals surface area contributed by atoms with E-state index in [0.29, 0.717) is 0 Å². The fourth-order valence-electron chi connectivity index (χ4n) is 19.9. The van der Waals surface area contributed by atoms with Crippen molar-refractivity contribution in [1.29, 1.82) is 0 Å². The Morgan fingerprint density at radius 1 is 0.309 bits per heavy atom. The molecule has 0 amide bonds. The summed E-state index contributed by atoms with van der Waals surface area (Å²) < 4.78 is 0. The van der Waals surface area contributed by atoms with Crippen LogP contribution in [0.25, 0.3) is 0 Å². The van der Waals surface area contributed by atoms with Crippen LogP contribution < -0.4 is 31.1 Å². The van der Waals surface area contributed by atoms with Crippen LogP contribution in [0.3, 0.4) is 0 Å². The number of fused-ring (bicyclic) bond motifs is 10. The molecule has 9 aromatic rings. The topological polar surface area (TPSA) is 9.72 Å². The van der Waals surface area contributed by atoms with Crippen LogP contribution in [0.2, 0.25) is 0 Å². The molecule has 0 radical (unpaired) electrons. The molecular weight excluding hydrogens is 1130 g/mol. The van der Waals surface area contributed by atoms with Gasteiger partial charge in [-0.1, -0.05) is 249 Å². The molecule has 0 unspecified atom stereocenters. The quantitative estimate of drug-likeness (QED) is 0.159. The smallest absolute Gasteiger partial charge is 0.252 e. The second-order valence-corrected chi connectivity index (χ2v) is 36.7. The van der Waals surface area contributed by atoms with Crippen LogP contribution in [0.1, 0.15) is 254 Å². The Labute approximate surface area is 565 Å². The molecule has 480 valence electrons. The zero-order valence-corrected chi connectivity index (χ0v) is 61.3. The number of nitrogens with zero attached hydrogens (tertiary/aromatic N) is 3. The summed E-state index contributed by atoms with van der Waals surface area (Å²) in [6.07, 6.45) is 2.16.